The molecule has 0 saturated carbocycles. The van der Waals surface area contributed by atoms with Crippen molar-refractivity contribution in [1.82, 2.24) is 9.99 Å². The quantitative estimate of drug-likeness (QED) is 0.358. The van der Waals surface area contributed by atoms with Gasteiger partial charge in [-0.2, -0.15) is 5.10 Å². The standard InChI is InChI=1S/C25H20FN3O3S/c1-31-19-12-8-16(9-13-19)21-14-22(17-6-10-18(26)11-7-17)29(28-21)24(30)15-33-25-27-20-4-2-3-5-23(20)32-25/h2-13,22H,14-15H2,1H3/t22-/m0/s1. The molecule has 6 nitrogen and oxygen atoms in total. The summed E-state index contributed by atoms with van der Waals surface area (Å²) in [5, 5.41) is 6.57. The van der Waals surface area contributed by atoms with Gasteiger partial charge in [-0.3, -0.25) is 4.79 Å². The fraction of sp³-hybridized carbons (Fsp3) is 0.160. The van der Waals surface area contributed by atoms with Crippen LogP contribution in [-0.2, 0) is 4.79 Å². The number of carbonyl (C=O) groups is 1. The number of para-hydroxylation sites is 2. The Morgan fingerprint density at radius 3 is 2.61 bits per heavy atom. The molecule has 0 radical (unpaired) electrons. The van der Waals surface area contributed by atoms with Crippen LogP contribution >= 0.6 is 11.8 Å². The molecule has 0 N–H and O–H groups in total. The van der Waals surface area contributed by atoms with E-state index < -0.39 is 0 Å². The van der Waals surface area contributed by atoms with E-state index >= 15 is 0 Å². The molecule has 8 heteroatoms. The number of hydrazone groups is 1. The van der Waals surface area contributed by atoms with E-state index in [1.54, 1.807) is 19.2 Å². The Kier molecular flexibility index (Phi) is 5.83. The van der Waals surface area contributed by atoms with Gasteiger partial charge in [-0.1, -0.05) is 36.0 Å². The third-order valence-corrected chi connectivity index (χ3v) is 6.25. The number of nitrogens with zero attached hydrogens (tertiary/aromatic N) is 3. The molecule has 0 fully saturated rings. The summed E-state index contributed by atoms with van der Waals surface area (Å²) in [7, 11) is 1.61. The van der Waals surface area contributed by atoms with Gasteiger partial charge in [0.15, 0.2) is 5.58 Å². The largest absolute Gasteiger partial charge is 0.497 e. The highest BCUT2D eigenvalue weighted by Crippen LogP contribution is 2.34. The number of oxazole rings is 1. The van der Waals surface area contributed by atoms with E-state index in [0.717, 1.165) is 28.1 Å². The number of ether oxygens (including phenoxy) is 1. The monoisotopic (exact) mass is 461 g/mol. The van der Waals surface area contributed by atoms with Crippen LogP contribution in [0.1, 0.15) is 23.6 Å². The number of benzene rings is 3. The molecule has 2 heterocycles. The van der Waals surface area contributed by atoms with E-state index in [4.69, 9.17) is 9.15 Å². The van der Waals surface area contributed by atoms with Gasteiger partial charge in [-0.05, 0) is 59.7 Å². The summed E-state index contributed by atoms with van der Waals surface area (Å²) < 4.78 is 24.4. The lowest BCUT2D eigenvalue weighted by molar-refractivity contribution is -0.130. The second-order valence-corrected chi connectivity index (χ2v) is 8.45. The fourth-order valence-electron chi connectivity index (χ4n) is 3.75. The second kappa shape index (κ2) is 9.07. The summed E-state index contributed by atoms with van der Waals surface area (Å²) >= 11 is 1.23. The summed E-state index contributed by atoms with van der Waals surface area (Å²) in [6.07, 6.45) is 0.525. The fourth-order valence-corrected chi connectivity index (χ4v) is 4.44. The van der Waals surface area contributed by atoms with E-state index in [-0.39, 0.29) is 23.5 Å². The third-order valence-electron chi connectivity index (χ3n) is 5.44. The lowest BCUT2D eigenvalue weighted by atomic mass is 9.98. The van der Waals surface area contributed by atoms with Crippen molar-refractivity contribution >= 4 is 34.5 Å². The Labute approximate surface area is 194 Å². The SMILES string of the molecule is COc1ccc(C2=NN(C(=O)CSc3nc4ccccc4o3)[C@H](c3ccc(F)cc3)C2)cc1. The lowest BCUT2D eigenvalue weighted by Crippen LogP contribution is -2.28. The summed E-state index contributed by atoms with van der Waals surface area (Å²) in [5.41, 5.74) is 3.94. The average Bonchev–Trinajstić information content (AvgIpc) is 3.48. The molecule has 1 aromatic heterocycles. The van der Waals surface area contributed by atoms with Crippen molar-refractivity contribution in [1.29, 1.82) is 0 Å². The van der Waals surface area contributed by atoms with Gasteiger partial charge >= 0.3 is 0 Å². The molecule has 4 aromatic rings. The minimum Gasteiger partial charge on any atom is -0.497 e. The van der Waals surface area contributed by atoms with Crippen LogP contribution in [-0.4, -0.2) is 34.5 Å². The van der Waals surface area contributed by atoms with E-state index in [1.807, 2.05) is 48.5 Å². The zero-order valence-electron chi connectivity index (χ0n) is 17.8. The minimum absolute atomic E-state index is 0.115. The smallest absolute Gasteiger partial charge is 0.257 e. The first-order chi connectivity index (χ1) is 16.1. The molecular weight excluding hydrogens is 441 g/mol. The van der Waals surface area contributed by atoms with E-state index in [1.165, 1.54) is 28.9 Å². The molecule has 1 atom stereocenters. The highest BCUT2D eigenvalue weighted by Gasteiger charge is 2.33. The van der Waals surface area contributed by atoms with Gasteiger partial charge in [0.25, 0.3) is 11.1 Å². The normalized spacial score (nSPS) is 15.6. The number of aromatic nitrogens is 1. The van der Waals surface area contributed by atoms with Crippen molar-refractivity contribution in [3.63, 3.8) is 0 Å². The molecule has 166 valence electrons. The number of fused-ring (bicyclic) bond motifs is 1. The van der Waals surface area contributed by atoms with Crippen LogP contribution in [0.2, 0.25) is 0 Å². The summed E-state index contributed by atoms with van der Waals surface area (Å²) in [5.74, 6) is 0.358. The number of carbonyl (C=O) groups excluding carboxylic acids is 1. The Hall–Kier alpha value is -3.65. The molecule has 33 heavy (non-hydrogen) atoms. The van der Waals surface area contributed by atoms with Gasteiger partial charge in [-0.25, -0.2) is 14.4 Å². The predicted molar refractivity (Wildman–Crippen MR) is 125 cm³/mol. The number of amides is 1. The molecule has 1 amide bonds. The first kappa shape index (κ1) is 21.2. The van der Waals surface area contributed by atoms with Gasteiger partial charge < -0.3 is 9.15 Å². The predicted octanol–water partition coefficient (Wildman–Crippen LogP) is 5.45. The Morgan fingerprint density at radius 1 is 1.12 bits per heavy atom. The maximum Gasteiger partial charge on any atom is 0.257 e. The van der Waals surface area contributed by atoms with Crippen LogP contribution in [0.25, 0.3) is 11.1 Å². The van der Waals surface area contributed by atoms with Crippen LogP contribution in [0.4, 0.5) is 4.39 Å². The summed E-state index contributed by atoms with van der Waals surface area (Å²) in [6, 6.07) is 20.9. The van der Waals surface area contributed by atoms with E-state index in [0.29, 0.717) is 17.2 Å². The molecule has 0 unspecified atom stereocenters. The number of hydrogen-bond acceptors (Lipinski definition) is 6. The van der Waals surface area contributed by atoms with Crippen LogP contribution in [0.5, 0.6) is 5.75 Å². The lowest BCUT2D eigenvalue weighted by Gasteiger charge is -2.21. The molecule has 0 bridgehead atoms. The first-order valence-electron chi connectivity index (χ1n) is 10.4. The van der Waals surface area contributed by atoms with E-state index in [9.17, 15) is 9.18 Å². The zero-order valence-corrected chi connectivity index (χ0v) is 18.6. The van der Waals surface area contributed by atoms with Gasteiger partial charge in [0.1, 0.15) is 17.1 Å². The maximum absolute atomic E-state index is 13.5. The van der Waals surface area contributed by atoms with Crippen LogP contribution in [0.3, 0.4) is 0 Å². The summed E-state index contributed by atoms with van der Waals surface area (Å²) in [6.45, 7) is 0. The Morgan fingerprint density at radius 2 is 1.88 bits per heavy atom. The van der Waals surface area contributed by atoms with Crippen molar-refractivity contribution in [2.45, 2.75) is 17.7 Å². The van der Waals surface area contributed by atoms with Gasteiger partial charge in [-0.15, -0.1) is 0 Å². The van der Waals surface area contributed by atoms with Crippen molar-refractivity contribution in [2.24, 2.45) is 5.10 Å². The molecule has 0 saturated heterocycles. The molecule has 3 aromatic carbocycles. The van der Waals surface area contributed by atoms with Crippen LogP contribution in [0, 0.1) is 5.82 Å². The van der Waals surface area contributed by atoms with Gasteiger partial charge in [0.05, 0.1) is 24.6 Å². The Bertz CT molecular complexity index is 1290. The number of methoxy groups -OCH3 is 1. The number of hydrogen-bond donors (Lipinski definition) is 0. The Balaban J connectivity index is 1.38. The maximum atomic E-state index is 13.5. The van der Waals surface area contributed by atoms with Crippen molar-refractivity contribution in [3.8, 4) is 5.75 Å². The number of thioether (sulfide) groups is 1. The number of rotatable bonds is 6. The van der Waals surface area contributed by atoms with Crippen molar-refractivity contribution < 1.29 is 18.3 Å². The molecule has 1 aliphatic rings. The van der Waals surface area contributed by atoms with Crippen molar-refractivity contribution in [3.05, 3.63) is 89.7 Å². The topological polar surface area (TPSA) is 67.9 Å². The minimum atomic E-state index is -0.322. The number of halogens is 1. The molecule has 5 rings (SSSR count). The molecule has 1 aliphatic heterocycles. The zero-order chi connectivity index (χ0) is 22.8. The van der Waals surface area contributed by atoms with Crippen LogP contribution in [0.15, 0.2) is 87.5 Å². The highest BCUT2D eigenvalue weighted by atomic mass is 32.2. The van der Waals surface area contributed by atoms with Crippen LogP contribution < -0.4 is 4.74 Å². The highest BCUT2D eigenvalue weighted by molar-refractivity contribution is 7.99. The summed E-state index contributed by atoms with van der Waals surface area (Å²) in [4.78, 5) is 17.6. The molecule has 0 spiro atoms. The van der Waals surface area contributed by atoms with Crippen molar-refractivity contribution in [2.75, 3.05) is 12.9 Å². The molecular formula is C25H20FN3O3S. The second-order valence-electron chi connectivity index (χ2n) is 7.52. The van der Waals surface area contributed by atoms with E-state index in [2.05, 4.69) is 10.1 Å². The molecule has 0 aliphatic carbocycles. The average molecular weight is 462 g/mol. The third kappa shape index (κ3) is 4.47. The first-order valence-corrected chi connectivity index (χ1v) is 11.4. The van der Waals surface area contributed by atoms with Gasteiger partial charge in [0, 0.05) is 6.42 Å². The van der Waals surface area contributed by atoms with Gasteiger partial charge in [0.2, 0.25) is 0 Å².